The maximum absolute atomic E-state index is 12.4. The molecule has 6 heteroatoms. The summed E-state index contributed by atoms with van der Waals surface area (Å²) in [4.78, 5) is 15.1. The minimum absolute atomic E-state index is 0.121. The summed E-state index contributed by atoms with van der Waals surface area (Å²) < 4.78 is 24.8. The molecule has 0 saturated carbocycles. The first-order valence-corrected chi connectivity index (χ1v) is 4.12. The molecule has 14 heavy (non-hydrogen) atoms. The van der Waals surface area contributed by atoms with Crippen molar-refractivity contribution >= 4 is 5.78 Å². The van der Waals surface area contributed by atoms with Gasteiger partial charge in [-0.15, -0.1) is 0 Å². The second-order valence-electron chi connectivity index (χ2n) is 3.36. The van der Waals surface area contributed by atoms with Crippen LogP contribution >= 0.6 is 0 Å². The summed E-state index contributed by atoms with van der Waals surface area (Å²) in [5.41, 5.74) is -1.55. The lowest BCUT2D eigenvalue weighted by molar-refractivity contribution is -0.129. The van der Waals surface area contributed by atoms with Crippen LogP contribution in [-0.2, 0) is 11.2 Å². The van der Waals surface area contributed by atoms with Gasteiger partial charge >= 0.3 is 0 Å². The molecule has 0 aliphatic carbocycles. The van der Waals surface area contributed by atoms with Crippen LogP contribution in [0.15, 0.2) is 6.33 Å². The average molecular weight is 203 g/mol. The predicted molar refractivity (Wildman–Crippen MR) is 45.2 cm³/mol. The third-order valence-electron chi connectivity index (χ3n) is 2.06. The zero-order chi connectivity index (χ0) is 10.6. The summed E-state index contributed by atoms with van der Waals surface area (Å²) >= 11 is 0. The molecule has 0 aromatic carbocycles. The lowest BCUT2D eigenvalue weighted by Crippen LogP contribution is -2.34. The molecule has 1 rings (SSSR count). The molecule has 4 nitrogen and oxygen atoms in total. The van der Waals surface area contributed by atoms with Gasteiger partial charge in [0.05, 0.1) is 11.8 Å². The molecule has 0 bridgehead atoms. The van der Waals surface area contributed by atoms with E-state index in [0.717, 1.165) is 0 Å². The highest BCUT2D eigenvalue weighted by atomic mass is 19.1. The van der Waals surface area contributed by atoms with E-state index >= 15 is 0 Å². The van der Waals surface area contributed by atoms with Gasteiger partial charge in [0.25, 0.3) is 0 Å². The average Bonchev–Trinajstić information content (AvgIpc) is 2.69. The Hall–Kier alpha value is -1.33. The second kappa shape index (κ2) is 4.26. The smallest absolute Gasteiger partial charge is 0.151 e. The molecule has 0 unspecified atom stereocenters. The number of halogens is 2. The standard InChI is InChI=1S/C8H11F2N3O/c1-8(3-9,4-10)6(14)2-7-11-5-12-13-7/h5H,2-4H2,1H3,(H,11,12,13). The number of nitrogens with zero attached hydrogens (tertiary/aromatic N) is 2. The number of Topliss-reactive ketones (excluding diaryl/α,β-unsaturated/α-hetero) is 1. The van der Waals surface area contributed by atoms with E-state index in [0.29, 0.717) is 5.82 Å². The van der Waals surface area contributed by atoms with Crippen LogP contribution < -0.4 is 0 Å². The van der Waals surface area contributed by atoms with E-state index in [2.05, 4.69) is 15.2 Å². The quantitative estimate of drug-likeness (QED) is 0.772. The second-order valence-corrected chi connectivity index (χ2v) is 3.36. The Morgan fingerprint density at radius 3 is 2.64 bits per heavy atom. The van der Waals surface area contributed by atoms with Crippen molar-refractivity contribution in [2.75, 3.05) is 13.3 Å². The van der Waals surface area contributed by atoms with Crippen molar-refractivity contribution < 1.29 is 13.6 Å². The zero-order valence-corrected chi connectivity index (χ0v) is 7.76. The third kappa shape index (κ3) is 2.12. The van der Waals surface area contributed by atoms with Crippen LogP contribution in [0.5, 0.6) is 0 Å². The number of alkyl halides is 2. The molecule has 0 radical (unpaired) electrons. The van der Waals surface area contributed by atoms with Crippen molar-refractivity contribution in [2.24, 2.45) is 5.41 Å². The van der Waals surface area contributed by atoms with Crippen LogP contribution in [0, 0.1) is 5.41 Å². The van der Waals surface area contributed by atoms with E-state index in [4.69, 9.17) is 0 Å². The van der Waals surface area contributed by atoms with Crippen molar-refractivity contribution in [3.8, 4) is 0 Å². The number of carbonyl (C=O) groups excluding carboxylic acids is 1. The molecule has 0 aliphatic heterocycles. The highest BCUT2D eigenvalue weighted by Gasteiger charge is 2.33. The predicted octanol–water partition coefficient (Wildman–Crippen LogP) is 0.862. The normalized spacial score (nSPS) is 11.6. The van der Waals surface area contributed by atoms with Crippen LogP contribution in [0.4, 0.5) is 8.78 Å². The monoisotopic (exact) mass is 203 g/mol. The molecule has 0 spiro atoms. The molecule has 1 N–H and O–H groups in total. The number of ketones is 1. The lowest BCUT2D eigenvalue weighted by Gasteiger charge is -2.19. The van der Waals surface area contributed by atoms with Gasteiger partial charge in [0, 0.05) is 0 Å². The minimum Gasteiger partial charge on any atom is -0.298 e. The molecule has 0 saturated heterocycles. The van der Waals surface area contributed by atoms with E-state index in [1.807, 2.05) is 0 Å². The summed E-state index contributed by atoms with van der Waals surface area (Å²) in [7, 11) is 0. The Morgan fingerprint density at radius 1 is 1.57 bits per heavy atom. The van der Waals surface area contributed by atoms with Crippen molar-refractivity contribution in [3.63, 3.8) is 0 Å². The van der Waals surface area contributed by atoms with Crippen molar-refractivity contribution in [1.82, 2.24) is 15.2 Å². The highest BCUT2D eigenvalue weighted by Crippen LogP contribution is 2.20. The molecular formula is C8H11F2N3O. The van der Waals surface area contributed by atoms with Crippen LogP contribution in [0.2, 0.25) is 0 Å². The van der Waals surface area contributed by atoms with Crippen molar-refractivity contribution in [1.29, 1.82) is 0 Å². The fourth-order valence-electron chi connectivity index (χ4n) is 0.866. The number of aromatic nitrogens is 3. The SMILES string of the molecule is CC(CF)(CF)C(=O)Cc1ncn[nH]1. The summed E-state index contributed by atoms with van der Waals surface area (Å²) in [5.74, 6) is -0.192. The summed E-state index contributed by atoms with van der Waals surface area (Å²) in [6.07, 6.45) is 1.12. The Balaban J connectivity index is 2.66. The molecule has 0 amide bonds. The molecule has 0 aliphatic rings. The van der Waals surface area contributed by atoms with Gasteiger partial charge in [-0.25, -0.2) is 13.8 Å². The number of hydrogen-bond donors (Lipinski definition) is 1. The van der Waals surface area contributed by atoms with Gasteiger partial charge < -0.3 is 0 Å². The van der Waals surface area contributed by atoms with Gasteiger partial charge in [0.15, 0.2) is 5.78 Å². The number of rotatable bonds is 5. The molecule has 78 valence electrons. The van der Waals surface area contributed by atoms with Gasteiger partial charge in [-0.2, -0.15) is 5.10 Å². The molecule has 0 atom stereocenters. The first kappa shape index (κ1) is 10.7. The van der Waals surface area contributed by atoms with Gasteiger partial charge in [-0.05, 0) is 6.92 Å². The van der Waals surface area contributed by atoms with Gasteiger partial charge in [0.1, 0.15) is 25.5 Å². The van der Waals surface area contributed by atoms with Crippen molar-refractivity contribution in [2.45, 2.75) is 13.3 Å². The first-order chi connectivity index (χ1) is 6.62. The van der Waals surface area contributed by atoms with Gasteiger partial charge in [0.2, 0.25) is 0 Å². The van der Waals surface area contributed by atoms with E-state index in [-0.39, 0.29) is 6.42 Å². The largest absolute Gasteiger partial charge is 0.298 e. The van der Waals surface area contributed by atoms with Crippen LogP contribution in [0.3, 0.4) is 0 Å². The Bertz CT molecular complexity index is 296. The van der Waals surface area contributed by atoms with Crippen molar-refractivity contribution in [3.05, 3.63) is 12.2 Å². The van der Waals surface area contributed by atoms with Crippen LogP contribution in [0.25, 0.3) is 0 Å². The summed E-state index contributed by atoms with van der Waals surface area (Å²) in [6.45, 7) is -0.751. The zero-order valence-electron chi connectivity index (χ0n) is 7.76. The lowest BCUT2D eigenvalue weighted by atomic mass is 9.87. The Labute approximate surface area is 79.7 Å². The first-order valence-electron chi connectivity index (χ1n) is 4.12. The number of carbonyl (C=O) groups is 1. The van der Waals surface area contributed by atoms with E-state index < -0.39 is 24.5 Å². The third-order valence-corrected chi connectivity index (χ3v) is 2.06. The van der Waals surface area contributed by atoms with Gasteiger partial charge in [-0.1, -0.05) is 0 Å². The minimum atomic E-state index is -1.55. The maximum Gasteiger partial charge on any atom is 0.151 e. The molecule has 0 fully saturated rings. The molecule has 1 aromatic heterocycles. The fourth-order valence-corrected chi connectivity index (χ4v) is 0.866. The van der Waals surface area contributed by atoms with Crippen LogP contribution in [-0.4, -0.2) is 34.3 Å². The topological polar surface area (TPSA) is 58.6 Å². The summed E-state index contributed by atoms with van der Waals surface area (Å²) in [6, 6.07) is 0. The molecular weight excluding hydrogens is 192 g/mol. The Morgan fingerprint density at radius 2 is 2.21 bits per heavy atom. The highest BCUT2D eigenvalue weighted by molar-refractivity contribution is 5.86. The number of hydrogen-bond acceptors (Lipinski definition) is 3. The molecule has 1 aromatic rings. The van der Waals surface area contributed by atoms with Crippen LogP contribution in [0.1, 0.15) is 12.7 Å². The number of H-pyrrole nitrogens is 1. The fraction of sp³-hybridized carbons (Fsp3) is 0.625. The van der Waals surface area contributed by atoms with E-state index in [9.17, 15) is 13.6 Å². The Kier molecular flexibility index (Phi) is 3.27. The van der Waals surface area contributed by atoms with Gasteiger partial charge in [-0.3, -0.25) is 9.89 Å². The molecule has 1 heterocycles. The number of nitrogens with one attached hydrogen (secondary N) is 1. The maximum atomic E-state index is 12.4. The van der Waals surface area contributed by atoms with E-state index in [1.165, 1.54) is 13.3 Å². The number of aromatic amines is 1. The van der Waals surface area contributed by atoms with E-state index in [1.54, 1.807) is 0 Å². The summed E-state index contributed by atoms with van der Waals surface area (Å²) in [5, 5.41) is 5.99.